The fraction of sp³-hybridized carbons (Fsp3) is 0.429. The van der Waals surface area contributed by atoms with Crippen LogP contribution in [0.15, 0.2) is 36.7 Å². The van der Waals surface area contributed by atoms with E-state index >= 15 is 0 Å². The first-order valence-electron chi connectivity index (χ1n) is 9.36. The molecule has 4 rings (SSSR count). The summed E-state index contributed by atoms with van der Waals surface area (Å²) in [5.41, 5.74) is 3.55. The van der Waals surface area contributed by atoms with Gasteiger partial charge in [-0.05, 0) is 25.0 Å². The Morgan fingerprint density at radius 2 is 1.81 bits per heavy atom. The van der Waals surface area contributed by atoms with Crippen LogP contribution in [0.25, 0.3) is 0 Å². The summed E-state index contributed by atoms with van der Waals surface area (Å²) >= 11 is 0. The van der Waals surface area contributed by atoms with Crippen LogP contribution in [0.5, 0.6) is 0 Å². The highest BCUT2D eigenvalue weighted by Gasteiger charge is 2.49. The number of aryl methyl sites for hydroxylation is 2. The summed E-state index contributed by atoms with van der Waals surface area (Å²) in [6.45, 7) is 7.57. The third kappa shape index (κ3) is 3.09. The molecule has 2 saturated heterocycles. The van der Waals surface area contributed by atoms with E-state index in [1.54, 1.807) is 19.3 Å². The van der Waals surface area contributed by atoms with Crippen molar-refractivity contribution in [3.8, 4) is 0 Å². The molecule has 140 valence electrons. The van der Waals surface area contributed by atoms with E-state index in [1.807, 2.05) is 28.9 Å². The molecule has 2 aliphatic rings. The van der Waals surface area contributed by atoms with Crippen molar-refractivity contribution in [1.29, 1.82) is 0 Å². The van der Waals surface area contributed by atoms with E-state index in [4.69, 9.17) is 0 Å². The molecule has 2 aliphatic heterocycles. The van der Waals surface area contributed by atoms with Crippen LogP contribution in [0.2, 0.25) is 0 Å². The van der Waals surface area contributed by atoms with Crippen molar-refractivity contribution in [2.45, 2.75) is 26.8 Å². The number of hydrogen-bond donors (Lipinski definition) is 0. The Labute approximate surface area is 159 Å². The van der Waals surface area contributed by atoms with Gasteiger partial charge in [0.2, 0.25) is 5.91 Å². The van der Waals surface area contributed by atoms with E-state index < -0.39 is 0 Å². The van der Waals surface area contributed by atoms with Crippen LogP contribution < -0.4 is 0 Å². The maximum absolute atomic E-state index is 12.9. The lowest BCUT2D eigenvalue weighted by atomic mass is 9.87. The first-order valence-corrected chi connectivity index (χ1v) is 9.36. The topological polar surface area (TPSA) is 66.4 Å². The van der Waals surface area contributed by atoms with Gasteiger partial charge in [0.25, 0.3) is 5.91 Å². The average molecular weight is 364 g/mol. The number of carbonyl (C=O) groups excluding carboxylic acids is 2. The van der Waals surface area contributed by atoms with E-state index in [-0.39, 0.29) is 23.8 Å². The number of rotatable bonds is 2. The minimum absolute atomic E-state index is 0.0237. The molecule has 27 heavy (non-hydrogen) atoms. The second-order valence-electron chi connectivity index (χ2n) is 7.65. The molecule has 0 spiro atoms. The van der Waals surface area contributed by atoms with E-state index in [9.17, 15) is 9.59 Å². The molecule has 0 radical (unpaired) electrons. The third-order valence-corrected chi connectivity index (χ3v) is 5.86. The van der Waals surface area contributed by atoms with Gasteiger partial charge < -0.3 is 9.80 Å². The molecule has 0 bridgehead atoms. The van der Waals surface area contributed by atoms with Crippen LogP contribution in [-0.4, -0.2) is 51.2 Å². The van der Waals surface area contributed by atoms with Crippen molar-refractivity contribution < 1.29 is 9.59 Å². The molecule has 3 atom stereocenters. The van der Waals surface area contributed by atoms with Gasteiger partial charge in [0.1, 0.15) is 5.69 Å². The Kier molecular flexibility index (Phi) is 4.42. The minimum Gasteiger partial charge on any atom is -0.337 e. The standard InChI is InChI=1S/C21H24N4O2/c1-13-6-4-5-7-17(13)20-18-12-24(10-16(18)11-25(20)15(3)26)21(27)19-9-22-14(2)8-23-19/h4-9,16,18,20H,10-12H2,1-3H3/t16-,18-,20-/m1/s1. The van der Waals surface area contributed by atoms with E-state index in [0.717, 1.165) is 5.69 Å². The second kappa shape index (κ2) is 6.76. The van der Waals surface area contributed by atoms with Crippen LogP contribution in [0, 0.1) is 25.7 Å². The van der Waals surface area contributed by atoms with E-state index in [2.05, 4.69) is 29.0 Å². The van der Waals surface area contributed by atoms with Crippen molar-refractivity contribution in [3.63, 3.8) is 0 Å². The monoisotopic (exact) mass is 364 g/mol. The lowest BCUT2D eigenvalue weighted by Gasteiger charge is -2.30. The number of benzene rings is 1. The first kappa shape index (κ1) is 17.6. The predicted octanol–water partition coefficient (Wildman–Crippen LogP) is 2.39. The lowest BCUT2D eigenvalue weighted by molar-refractivity contribution is -0.130. The highest BCUT2D eigenvalue weighted by Crippen LogP contribution is 2.45. The Morgan fingerprint density at radius 3 is 2.48 bits per heavy atom. The van der Waals surface area contributed by atoms with Crippen molar-refractivity contribution >= 4 is 11.8 Å². The summed E-state index contributed by atoms with van der Waals surface area (Å²) in [4.78, 5) is 37.4. The fourth-order valence-electron chi connectivity index (χ4n) is 4.52. The van der Waals surface area contributed by atoms with Gasteiger partial charge in [0, 0.05) is 44.6 Å². The predicted molar refractivity (Wildman–Crippen MR) is 101 cm³/mol. The average Bonchev–Trinajstić information content (AvgIpc) is 3.20. The van der Waals surface area contributed by atoms with Crippen molar-refractivity contribution in [1.82, 2.24) is 19.8 Å². The van der Waals surface area contributed by atoms with Gasteiger partial charge in [0.15, 0.2) is 0 Å². The molecule has 6 nitrogen and oxygen atoms in total. The van der Waals surface area contributed by atoms with Gasteiger partial charge in [-0.25, -0.2) is 4.98 Å². The largest absolute Gasteiger partial charge is 0.337 e. The molecule has 0 saturated carbocycles. The van der Waals surface area contributed by atoms with Crippen LogP contribution in [0.4, 0.5) is 0 Å². The van der Waals surface area contributed by atoms with Gasteiger partial charge in [-0.3, -0.25) is 14.6 Å². The molecular weight excluding hydrogens is 340 g/mol. The number of likely N-dealkylation sites (tertiary alicyclic amines) is 2. The smallest absolute Gasteiger partial charge is 0.274 e. The third-order valence-electron chi connectivity index (χ3n) is 5.86. The van der Waals surface area contributed by atoms with Crippen LogP contribution in [-0.2, 0) is 4.79 Å². The normalized spacial score (nSPS) is 24.2. The molecule has 0 unspecified atom stereocenters. The van der Waals surface area contributed by atoms with Crippen LogP contribution in [0.1, 0.15) is 40.3 Å². The Morgan fingerprint density at radius 1 is 1.04 bits per heavy atom. The lowest BCUT2D eigenvalue weighted by Crippen LogP contribution is -2.37. The molecule has 2 fully saturated rings. The molecule has 0 aliphatic carbocycles. The summed E-state index contributed by atoms with van der Waals surface area (Å²) < 4.78 is 0. The Balaban J connectivity index is 1.60. The molecule has 1 aromatic heterocycles. The minimum atomic E-state index is -0.0743. The van der Waals surface area contributed by atoms with Gasteiger partial charge >= 0.3 is 0 Å². The number of fused-ring (bicyclic) bond motifs is 1. The highest BCUT2D eigenvalue weighted by atomic mass is 16.2. The van der Waals surface area contributed by atoms with Crippen molar-refractivity contribution in [2.75, 3.05) is 19.6 Å². The zero-order chi connectivity index (χ0) is 19.1. The second-order valence-corrected chi connectivity index (χ2v) is 7.65. The fourth-order valence-corrected chi connectivity index (χ4v) is 4.52. The van der Waals surface area contributed by atoms with Gasteiger partial charge in [-0.1, -0.05) is 24.3 Å². The van der Waals surface area contributed by atoms with Crippen LogP contribution in [0.3, 0.4) is 0 Å². The number of amides is 2. The van der Waals surface area contributed by atoms with Crippen LogP contribution >= 0.6 is 0 Å². The van der Waals surface area contributed by atoms with Gasteiger partial charge in [-0.2, -0.15) is 0 Å². The quantitative estimate of drug-likeness (QED) is 0.821. The maximum Gasteiger partial charge on any atom is 0.274 e. The molecule has 6 heteroatoms. The molecular formula is C21H24N4O2. The first-order chi connectivity index (χ1) is 13.0. The molecule has 2 aromatic rings. The Hall–Kier alpha value is -2.76. The number of hydrogen-bond acceptors (Lipinski definition) is 4. The summed E-state index contributed by atoms with van der Waals surface area (Å²) in [6.07, 6.45) is 3.17. The van der Waals surface area contributed by atoms with Gasteiger partial charge in [0.05, 0.1) is 17.9 Å². The van der Waals surface area contributed by atoms with E-state index in [0.29, 0.717) is 31.2 Å². The van der Waals surface area contributed by atoms with E-state index in [1.165, 1.54) is 11.1 Å². The molecule has 2 amide bonds. The number of aromatic nitrogens is 2. The summed E-state index contributed by atoms with van der Waals surface area (Å²) in [5, 5.41) is 0. The molecule has 1 aromatic carbocycles. The zero-order valence-electron chi connectivity index (χ0n) is 15.9. The number of nitrogens with zero attached hydrogens (tertiary/aromatic N) is 4. The van der Waals surface area contributed by atoms with Gasteiger partial charge in [-0.15, -0.1) is 0 Å². The van der Waals surface area contributed by atoms with Crippen molar-refractivity contribution in [2.24, 2.45) is 11.8 Å². The SMILES string of the molecule is CC(=O)N1C[C@H]2CN(C(=O)c3cnc(C)cn3)C[C@H]2[C@H]1c1ccccc1C. The molecule has 0 N–H and O–H groups in total. The summed E-state index contributed by atoms with van der Waals surface area (Å²) in [6, 6.07) is 8.25. The Bertz CT molecular complexity index is 880. The summed E-state index contributed by atoms with van der Waals surface area (Å²) in [5.74, 6) is 0.563. The van der Waals surface area contributed by atoms with Crippen molar-refractivity contribution in [3.05, 3.63) is 59.2 Å². The highest BCUT2D eigenvalue weighted by molar-refractivity contribution is 5.92. The maximum atomic E-state index is 12.9. The zero-order valence-corrected chi connectivity index (χ0v) is 15.9. The summed E-state index contributed by atoms with van der Waals surface area (Å²) in [7, 11) is 0. The molecule has 3 heterocycles. The number of carbonyl (C=O) groups is 2.